The van der Waals surface area contributed by atoms with E-state index in [2.05, 4.69) is 42.5 Å². The average Bonchev–Trinajstić information content (AvgIpc) is 2.82. The molecule has 21 heavy (non-hydrogen) atoms. The van der Waals surface area contributed by atoms with Crippen LogP contribution in [-0.2, 0) is 0 Å². The summed E-state index contributed by atoms with van der Waals surface area (Å²) in [5, 5.41) is 0. The summed E-state index contributed by atoms with van der Waals surface area (Å²) in [7, 11) is 0. The Morgan fingerprint density at radius 1 is 0.571 bits per heavy atom. The van der Waals surface area contributed by atoms with Gasteiger partial charge in [-0.1, -0.05) is 42.5 Å². The van der Waals surface area contributed by atoms with E-state index in [0.29, 0.717) is 0 Å². The third-order valence-corrected chi connectivity index (χ3v) is 6.28. The van der Waals surface area contributed by atoms with Crippen LogP contribution in [0.25, 0.3) is 11.1 Å². The highest BCUT2D eigenvalue weighted by Crippen LogP contribution is 2.35. The summed E-state index contributed by atoms with van der Waals surface area (Å²) in [4.78, 5) is 12.5. The highest BCUT2D eigenvalue weighted by atomic mass is 127. The smallest absolute Gasteiger partial charge is 0.289 e. The molecule has 0 fully saturated rings. The predicted octanol–water partition coefficient (Wildman–Crippen LogP) is 1.03. The van der Waals surface area contributed by atoms with E-state index >= 15 is 0 Å². The van der Waals surface area contributed by atoms with Crippen molar-refractivity contribution in [3.8, 4) is 11.1 Å². The van der Waals surface area contributed by atoms with Gasteiger partial charge in [-0.2, -0.15) is 0 Å². The van der Waals surface area contributed by atoms with E-state index in [0.717, 1.165) is 22.3 Å². The SMILES string of the molecule is O=C1c2ccccc2-c2ccc([I+]c3ccccc3)cc21. The largest absolute Gasteiger partial charge is 0.357 e. The van der Waals surface area contributed by atoms with Gasteiger partial charge in [0.15, 0.2) is 12.9 Å². The molecule has 0 N–H and O–H groups in total. The number of hydrogen-bond acceptors (Lipinski definition) is 1. The second-order valence-electron chi connectivity index (χ2n) is 4.95. The zero-order chi connectivity index (χ0) is 14.2. The normalized spacial score (nSPS) is 12.1. The van der Waals surface area contributed by atoms with E-state index in [4.69, 9.17) is 0 Å². The molecule has 0 saturated heterocycles. The molecular weight excluding hydrogens is 371 g/mol. The molecule has 0 unspecified atom stereocenters. The van der Waals surface area contributed by atoms with Crippen LogP contribution in [0.3, 0.4) is 0 Å². The number of hydrogen-bond donors (Lipinski definition) is 0. The van der Waals surface area contributed by atoms with Gasteiger partial charge in [-0.15, -0.1) is 0 Å². The van der Waals surface area contributed by atoms with Crippen molar-refractivity contribution in [2.45, 2.75) is 0 Å². The molecule has 0 spiro atoms. The lowest BCUT2D eigenvalue weighted by atomic mass is 10.1. The van der Waals surface area contributed by atoms with Gasteiger partial charge in [0.2, 0.25) is 0 Å². The van der Waals surface area contributed by atoms with Crippen LogP contribution >= 0.6 is 0 Å². The summed E-state index contributed by atoms with van der Waals surface area (Å²) in [5.41, 5.74) is 3.85. The molecule has 0 atom stereocenters. The maximum absolute atomic E-state index is 12.5. The van der Waals surface area contributed by atoms with Crippen LogP contribution in [0.4, 0.5) is 0 Å². The number of rotatable bonds is 2. The van der Waals surface area contributed by atoms with E-state index in [1.165, 1.54) is 7.14 Å². The van der Waals surface area contributed by atoms with Crippen LogP contribution in [0.1, 0.15) is 15.9 Å². The predicted molar refractivity (Wildman–Crippen MR) is 79.1 cm³/mol. The van der Waals surface area contributed by atoms with Crippen LogP contribution < -0.4 is 21.2 Å². The Hall–Kier alpha value is -1.94. The van der Waals surface area contributed by atoms with Crippen molar-refractivity contribution in [1.29, 1.82) is 0 Å². The molecule has 0 heterocycles. The molecule has 0 amide bonds. The first kappa shape index (κ1) is 12.8. The van der Waals surface area contributed by atoms with Crippen molar-refractivity contribution in [2.75, 3.05) is 0 Å². The van der Waals surface area contributed by atoms with E-state index in [1.54, 1.807) is 0 Å². The van der Waals surface area contributed by atoms with Crippen LogP contribution in [0, 0.1) is 7.14 Å². The minimum Gasteiger partial charge on any atom is -0.289 e. The van der Waals surface area contributed by atoms with Crippen molar-refractivity contribution in [3.63, 3.8) is 0 Å². The number of benzene rings is 3. The number of fused-ring (bicyclic) bond motifs is 3. The zero-order valence-electron chi connectivity index (χ0n) is 11.2. The van der Waals surface area contributed by atoms with E-state index in [-0.39, 0.29) is 27.0 Å². The maximum atomic E-state index is 12.5. The summed E-state index contributed by atoms with van der Waals surface area (Å²) >= 11 is -0.228. The van der Waals surface area contributed by atoms with E-state index < -0.39 is 0 Å². The lowest BCUT2D eigenvalue weighted by molar-refractivity contribution is -0.597. The molecule has 2 heteroatoms. The first-order chi connectivity index (χ1) is 10.3. The molecule has 1 aliphatic carbocycles. The summed E-state index contributed by atoms with van der Waals surface area (Å²) in [5.74, 6) is 0.166. The summed E-state index contributed by atoms with van der Waals surface area (Å²) in [6.45, 7) is 0. The highest BCUT2D eigenvalue weighted by Gasteiger charge is 2.28. The maximum Gasteiger partial charge on any atom is 0.357 e. The third-order valence-electron chi connectivity index (χ3n) is 3.64. The van der Waals surface area contributed by atoms with Crippen molar-refractivity contribution in [1.82, 2.24) is 0 Å². The number of carbonyl (C=O) groups excluding carboxylic acids is 1. The summed E-state index contributed by atoms with van der Waals surface area (Å²) in [6.07, 6.45) is 0. The van der Waals surface area contributed by atoms with Crippen LogP contribution in [-0.4, -0.2) is 5.78 Å². The van der Waals surface area contributed by atoms with Crippen LogP contribution in [0.15, 0.2) is 72.8 Å². The van der Waals surface area contributed by atoms with Gasteiger partial charge < -0.3 is 0 Å². The second kappa shape index (κ2) is 5.11. The molecule has 1 nitrogen and oxygen atoms in total. The molecule has 3 aromatic carbocycles. The van der Waals surface area contributed by atoms with Gasteiger partial charge in [0, 0.05) is 17.2 Å². The van der Waals surface area contributed by atoms with Crippen molar-refractivity contribution in [2.24, 2.45) is 0 Å². The molecule has 0 bridgehead atoms. The Morgan fingerprint density at radius 2 is 1.24 bits per heavy atom. The fourth-order valence-electron chi connectivity index (χ4n) is 2.66. The molecule has 100 valence electrons. The Morgan fingerprint density at radius 3 is 2.05 bits per heavy atom. The summed E-state index contributed by atoms with van der Waals surface area (Å²) in [6, 6.07) is 24.8. The van der Waals surface area contributed by atoms with E-state index in [9.17, 15) is 4.79 Å². The topological polar surface area (TPSA) is 17.1 Å². The molecule has 4 rings (SSSR count). The first-order valence-electron chi connectivity index (χ1n) is 6.81. The highest BCUT2D eigenvalue weighted by molar-refractivity contribution is 6.21. The average molecular weight is 383 g/mol. The Balaban J connectivity index is 1.75. The first-order valence-corrected chi connectivity index (χ1v) is 8.97. The van der Waals surface area contributed by atoms with Crippen molar-refractivity contribution in [3.05, 3.63) is 91.1 Å². The standard InChI is InChI=1S/C19H12IO/c21-19-17-9-5-4-8-15(17)16-11-10-14(12-18(16)19)20-13-6-2-1-3-7-13/h1-12H/q+1. The molecule has 0 saturated carbocycles. The van der Waals surface area contributed by atoms with Crippen LogP contribution in [0.2, 0.25) is 0 Å². The molecular formula is C19H12IO+. The number of halogens is 1. The molecule has 0 aliphatic heterocycles. The van der Waals surface area contributed by atoms with E-state index in [1.807, 2.05) is 30.3 Å². The molecule has 0 radical (unpaired) electrons. The number of carbonyl (C=O) groups is 1. The lowest BCUT2D eigenvalue weighted by Crippen LogP contribution is -3.61. The Kier molecular flexibility index (Phi) is 3.11. The quantitative estimate of drug-likeness (QED) is 0.473. The Labute approximate surface area is 133 Å². The third kappa shape index (κ3) is 2.20. The van der Waals surface area contributed by atoms with Gasteiger partial charge in [0.25, 0.3) is 0 Å². The van der Waals surface area contributed by atoms with Gasteiger partial charge in [0.1, 0.15) is 0 Å². The minimum absolute atomic E-state index is 0.166. The molecule has 1 aliphatic rings. The summed E-state index contributed by atoms with van der Waals surface area (Å²) < 4.78 is 2.67. The van der Waals surface area contributed by atoms with Gasteiger partial charge >= 0.3 is 21.2 Å². The van der Waals surface area contributed by atoms with Crippen molar-refractivity contribution < 1.29 is 26.0 Å². The molecule has 3 aromatic rings. The lowest BCUT2D eigenvalue weighted by Gasteiger charge is -1.97. The van der Waals surface area contributed by atoms with Crippen molar-refractivity contribution >= 4 is 5.78 Å². The van der Waals surface area contributed by atoms with Gasteiger partial charge in [-0.25, -0.2) is 0 Å². The zero-order valence-corrected chi connectivity index (χ0v) is 13.4. The van der Waals surface area contributed by atoms with Crippen LogP contribution in [0.5, 0.6) is 0 Å². The fourth-order valence-corrected chi connectivity index (χ4v) is 4.98. The molecule has 0 aromatic heterocycles. The fraction of sp³-hybridized carbons (Fsp3) is 0. The van der Waals surface area contributed by atoms with Gasteiger partial charge in [-0.05, 0) is 35.4 Å². The minimum atomic E-state index is -0.228. The second-order valence-corrected chi connectivity index (χ2v) is 7.99. The van der Waals surface area contributed by atoms with Gasteiger partial charge in [0.05, 0.1) is 0 Å². The Bertz CT molecular complexity index is 837. The van der Waals surface area contributed by atoms with Gasteiger partial charge in [-0.3, -0.25) is 4.79 Å². The monoisotopic (exact) mass is 383 g/mol. The number of ketones is 1.